The fourth-order valence-electron chi connectivity index (χ4n) is 3.14. The first kappa shape index (κ1) is 15.0. The molecule has 0 bridgehead atoms. The summed E-state index contributed by atoms with van der Waals surface area (Å²) in [5.74, 6) is 1.04. The Morgan fingerprint density at radius 1 is 1.45 bits per heavy atom. The first-order valence-corrected chi connectivity index (χ1v) is 7.66. The van der Waals surface area contributed by atoms with Gasteiger partial charge in [-0.1, -0.05) is 43.2 Å². The minimum absolute atomic E-state index is 0.129. The average molecular weight is 274 g/mol. The molecule has 3 nitrogen and oxygen atoms in total. The Labute approximate surface area is 121 Å². The highest BCUT2D eigenvalue weighted by atomic mass is 16.1. The molecule has 3 atom stereocenters. The topological polar surface area (TPSA) is 55.1 Å². The van der Waals surface area contributed by atoms with Crippen LogP contribution in [0.15, 0.2) is 24.3 Å². The van der Waals surface area contributed by atoms with Crippen molar-refractivity contribution in [2.45, 2.75) is 39.0 Å². The summed E-state index contributed by atoms with van der Waals surface area (Å²) in [5, 5.41) is 3.11. The van der Waals surface area contributed by atoms with E-state index in [4.69, 9.17) is 5.73 Å². The van der Waals surface area contributed by atoms with Gasteiger partial charge in [-0.15, -0.1) is 0 Å². The zero-order valence-corrected chi connectivity index (χ0v) is 12.6. The summed E-state index contributed by atoms with van der Waals surface area (Å²) in [6.45, 7) is 5.59. The number of carbonyl (C=O) groups is 1. The molecule has 20 heavy (non-hydrogen) atoms. The van der Waals surface area contributed by atoms with Crippen molar-refractivity contribution in [2.24, 2.45) is 17.6 Å². The van der Waals surface area contributed by atoms with Crippen molar-refractivity contribution >= 4 is 5.91 Å². The summed E-state index contributed by atoms with van der Waals surface area (Å²) in [6, 6.07) is 8.49. The number of aryl methyl sites for hydroxylation is 1. The lowest BCUT2D eigenvalue weighted by atomic mass is 9.94. The molecular formula is C17H26N2O. The molecule has 1 aromatic rings. The van der Waals surface area contributed by atoms with Gasteiger partial charge in [0.2, 0.25) is 5.91 Å². The van der Waals surface area contributed by atoms with Crippen molar-refractivity contribution < 1.29 is 4.79 Å². The third kappa shape index (κ3) is 3.60. The van der Waals surface area contributed by atoms with E-state index in [1.165, 1.54) is 11.1 Å². The van der Waals surface area contributed by atoms with E-state index in [2.05, 4.69) is 43.4 Å². The lowest BCUT2D eigenvalue weighted by Crippen LogP contribution is -2.36. The van der Waals surface area contributed by atoms with E-state index in [9.17, 15) is 4.79 Å². The van der Waals surface area contributed by atoms with Gasteiger partial charge >= 0.3 is 0 Å². The van der Waals surface area contributed by atoms with Crippen molar-refractivity contribution in [3.63, 3.8) is 0 Å². The standard InChI is InChI=1S/C17H26N2O/c1-12-5-3-6-14(9-12)13(2)11-19-17(20)16-8-4-7-15(16)10-18/h3,5-6,9,13,15-16H,4,7-8,10-11,18H2,1-2H3,(H,19,20)/t13?,15-,16-/m1/s1. The third-order valence-corrected chi connectivity index (χ3v) is 4.49. The molecule has 0 aromatic heterocycles. The number of amides is 1. The number of hydrogen-bond acceptors (Lipinski definition) is 2. The Morgan fingerprint density at radius 2 is 2.25 bits per heavy atom. The third-order valence-electron chi connectivity index (χ3n) is 4.49. The summed E-state index contributed by atoms with van der Waals surface area (Å²) in [4.78, 5) is 12.3. The highest BCUT2D eigenvalue weighted by molar-refractivity contribution is 5.79. The molecule has 3 N–H and O–H groups in total. The van der Waals surface area contributed by atoms with Gasteiger partial charge in [0.1, 0.15) is 0 Å². The van der Waals surface area contributed by atoms with Gasteiger partial charge in [-0.25, -0.2) is 0 Å². The molecule has 1 fully saturated rings. The Morgan fingerprint density at radius 3 is 2.95 bits per heavy atom. The van der Waals surface area contributed by atoms with E-state index in [1.807, 2.05) is 0 Å². The highest BCUT2D eigenvalue weighted by Gasteiger charge is 2.31. The van der Waals surface area contributed by atoms with E-state index in [0.29, 0.717) is 24.9 Å². The predicted octanol–water partition coefficient (Wildman–Crippen LogP) is 2.59. The molecule has 1 amide bonds. The van der Waals surface area contributed by atoms with E-state index in [1.54, 1.807) is 0 Å². The zero-order valence-electron chi connectivity index (χ0n) is 12.6. The minimum Gasteiger partial charge on any atom is -0.355 e. The molecule has 0 aliphatic heterocycles. The molecule has 1 aliphatic rings. The van der Waals surface area contributed by atoms with Crippen LogP contribution in [0.3, 0.4) is 0 Å². The predicted molar refractivity (Wildman–Crippen MR) is 82.5 cm³/mol. The molecule has 0 saturated heterocycles. The van der Waals surface area contributed by atoms with Crippen LogP contribution in [0.25, 0.3) is 0 Å². The smallest absolute Gasteiger partial charge is 0.223 e. The molecular weight excluding hydrogens is 248 g/mol. The van der Waals surface area contributed by atoms with E-state index >= 15 is 0 Å². The van der Waals surface area contributed by atoms with Gasteiger partial charge < -0.3 is 11.1 Å². The Bertz CT molecular complexity index is 458. The second-order valence-electron chi connectivity index (χ2n) is 6.09. The summed E-state index contributed by atoms with van der Waals surface area (Å²) in [6.07, 6.45) is 3.22. The first-order chi connectivity index (χ1) is 9.61. The number of nitrogens with two attached hydrogens (primary N) is 1. The Kier molecular flexibility index (Phi) is 5.18. The fraction of sp³-hybridized carbons (Fsp3) is 0.588. The monoisotopic (exact) mass is 274 g/mol. The van der Waals surface area contributed by atoms with Crippen molar-refractivity contribution in [3.05, 3.63) is 35.4 Å². The van der Waals surface area contributed by atoms with Crippen LogP contribution in [-0.2, 0) is 4.79 Å². The van der Waals surface area contributed by atoms with Crippen molar-refractivity contribution in [1.82, 2.24) is 5.32 Å². The normalized spacial score (nSPS) is 23.6. The van der Waals surface area contributed by atoms with E-state index < -0.39 is 0 Å². The molecule has 2 rings (SSSR count). The van der Waals surface area contributed by atoms with Gasteiger partial charge in [-0.3, -0.25) is 4.79 Å². The molecule has 1 saturated carbocycles. The summed E-state index contributed by atoms with van der Waals surface area (Å²) >= 11 is 0. The van der Waals surface area contributed by atoms with Gasteiger partial charge in [0.15, 0.2) is 0 Å². The van der Waals surface area contributed by atoms with E-state index in [-0.39, 0.29) is 11.8 Å². The van der Waals surface area contributed by atoms with Crippen LogP contribution in [0, 0.1) is 18.8 Å². The van der Waals surface area contributed by atoms with Gasteiger partial charge in [-0.2, -0.15) is 0 Å². The summed E-state index contributed by atoms with van der Waals surface area (Å²) in [5.41, 5.74) is 8.29. The van der Waals surface area contributed by atoms with Crippen LogP contribution >= 0.6 is 0 Å². The lowest BCUT2D eigenvalue weighted by molar-refractivity contribution is -0.126. The molecule has 1 unspecified atom stereocenters. The van der Waals surface area contributed by atoms with Crippen LogP contribution in [0.5, 0.6) is 0 Å². The maximum atomic E-state index is 12.3. The van der Waals surface area contributed by atoms with Crippen LogP contribution in [0.4, 0.5) is 0 Å². The van der Waals surface area contributed by atoms with Crippen LogP contribution in [0.1, 0.15) is 43.2 Å². The minimum atomic E-state index is 0.129. The molecule has 0 radical (unpaired) electrons. The van der Waals surface area contributed by atoms with Gasteiger partial charge in [0, 0.05) is 12.5 Å². The largest absolute Gasteiger partial charge is 0.355 e. The first-order valence-electron chi connectivity index (χ1n) is 7.66. The fourth-order valence-corrected chi connectivity index (χ4v) is 3.14. The van der Waals surface area contributed by atoms with Gasteiger partial charge in [-0.05, 0) is 43.7 Å². The number of carbonyl (C=O) groups excluding carboxylic acids is 1. The summed E-state index contributed by atoms with van der Waals surface area (Å²) in [7, 11) is 0. The molecule has 3 heteroatoms. The van der Waals surface area contributed by atoms with Crippen LogP contribution in [-0.4, -0.2) is 19.0 Å². The average Bonchev–Trinajstić information content (AvgIpc) is 2.92. The van der Waals surface area contributed by atoms with Crippen LogP contribution in [0.2, 0.25) is 0 Å². The number of rotatable bonds is 5. The Balaban J connectivity index is 1.87. The molecule has 1 aliphatic carbocycles. The van der Waals surface area contributed by atoms with Crippen LogP contribution < -0.4 is 11.1 Å². The Hall–Kier alpha value is -1.35. The number of nitrogens with one attached hydrogen (secondary N) is 1. The molecule has 0 spiro atoms. The second-order valence-corrected chi connectivity index (χ2v) is 6.09. The summed E-state index contributed by atoms with van der Waals surface area (Å²) < 4.78 is 0. The maximum Gasteiger partial charge on any atom is 0.223 e. The lowest BCUT2D eigenvalue weighted by Gasteiger charge is -2.19. The number of benzene rings is 1. The maximum absolute atomic E-state index is 12.3. The van der Waals surface area contributed by atoms with Crippen molar-refractivity contribution in [1.29, 1.82) is 0 Å². The highest BCUT2D eigenvalue weighted by Crippen LogP contribution is 2.31. The quantitative estimate of drug-likeness (QED) is 0.867. The van der Waals surface area contributed by atoms with Gasteiger partial charge in [0.25, 0.3) is 0 Å². The molecule has 110 valence electrons. The molecule has 1 aromatic carbocycles. The van der Waals surface area contributed by atoms with Crippen molar-refractivity contribution in [3.8, 4) is 0 Å². The second kappa shape index (κ2) is 6.89. The zero-order chi connectivity index (χ0) is 14.5. The molecule has 0 heterocycles. The number of hydrogen-bond donors (Lipinski definition) is 2. The van der Waals surface area contributed by atoms with E-state index in [0.717, 1.165) is 19.3 Å². The SMILES string of the molecule is Cc1cccc(C(C)CNC(=O)[C@@H]2CCC[C@@H]2CN)c1. The van der Waals surface area contributed by atoms with Gasteiger partial charge in [0.05, 0.1) is 0 Å². The van der Waals surface area contributed by atoms with Crippen molar-refractivity contribution in [2.75, 3.05) is 13.1 Å².